The van der Waals surface area contributed by atoms with Gasteiger partial charge in [-0.25, -0.2) is 0 Å². The van der Waals surface area contributed by atoms with E-state index in [1.54, 1.807) is 7.11 Å². The van der Waals surface area contributed by atoms with Crippen molar-refractivity contribution in [2.24, 2.45) is 4.99 Å². The van der Waals surface area contributed by atoms with E-state index < -0.39 is 0 Å². The minimum absolute atomic E-state index is 0.719. The minimum atomic E-state index is 0.719. The quantitative estimate of drug-likeness (QED) is 0.489. The summed E-state index contributed by atoms with van der Waals surface area (Å²) < 4.78 is 12.0. The number of hydrogen-bond donors (Lipinski definition) is 0. The maximum atomic E-state index is 5.84. The molecule has 0 heterocycles. The molecule has 0 saturated heterocycles. The second-order valence-corrected chi connectivity index (χ2v) is 5.76. The SMILES string of the molecule is CCCCOc1cc(Br)ccc1/C=N/c1ccc(OC)cc1. The van der Waals surface area contributed by atoms with Gasteiger partial charge in [0.15, 0.2) is 0 Å². The van der Waals surface area contributed by atoms with E-state index >= 15 is 0 Å². The monoisotopic (exact) mass is 361 g/mol. The van der Waals surface area contributed by atoms with Gasteiger partial charge in [0.05, 0.1) is 19.4 Å². The summed E-state index contributed by atoms with van der Waals surface area (Å²) >= 11 is 3.48. The van der Waals surface area contributed by atoms with Gasteiger partial charge in [0, 0.05) is 16.3 Å². The molecule has 0 aliphatic carbocycles. The largest absolute Gasteiger partial charge is 0.497 e. The number of rotatable bonds is 7. The van der Waals surface area contributed by atoms with Crippen LogP contribution in [0.2, 0.25) is 0 Å². The molecule has 2 rings (SSSR count). The Kier molecular flexibility index (Phi) is 6.46. The average Bonchev–Trinajstić information content (AvgIpc) is 2.55. The summed E-state index contributed by atoms with van der Waals surface area (Å²) in [5.74, 6) is 1.67. The van der Waals surface area contributed by atoms with Gasteiger partial charge in [-0.1, -0.05) is 29.3 Å². The van der Waals surface area contributed by atoms with Crippen LogP contribution in [0, 0.1) is 0 Å². The van der Waals surface area contributed by atoms with Crippen LogP contribution in [0.15, 0.2) is 51.9 Å². The zero-order valence-electron chi connectivity index (χ0n) is 12.9. The molecule has 0 aromatic heterocycles. The van der Waals surface area contributed by atoms with Crippen LogP contribution in [-0.2, 0) is 0 Å². The van der Waals surface area contributed by atoms with E-state index in [1.807, 2.05) is 48.7 Å². The number of halogens is 1. The first-order valence-corrected chi connectivity index (χ1v) is 8.12. The Bertz CT molecular complexity index is 623. The van der Waals surface area contributed by atoms with Gasteiger partial charge >= 0.3 is 0 Å². The summed E-state index contributed by atoms with van der Waals surface area (Å²) in [5.41, 5.74) is 1.85. The summed E-state index contributed by atoms with van der Waals surface area (Å²) in [6.45, 7) is 2.87. The highest BCUT2D eigenvalue weighted by atomic mass is 79.9. The van der Waals surface area contributed by atoms with Gasteiger partial charge in [-0.2, -0.15) is 0 Å². The van der Waals surface area contributed by atoms with Crippen LogP contribution < -0.4 is 9.47 Å². The van der Waals surface area contributed by atoms with Crippen LogP contribution in [0.3, 0.4) is 0 Å². The average molecular weight is 362 g/mol. The number of nitrogens with zero attached hydrogens (tertiary/aromatic N) is 1. The van der Waals surface area contributed by atoms with E-state index in [9.17, 15) is 0 Å². The van der Waals surface area contributed by atoms with Gasteiger partial charge in [-0.05, 0) is 48.9 Å². The fourth-order valence-corrected chi connectivity index (χ4v) is 2.22. The number of unbranched alkanes of at least 4 members (excludes halogenated alkanes) is 1. The first kappa shape index (κ1) is 16.6. The van der Waals surface area contributed by atoms with E-state index in [2.05, 4.69) is 27.8 Å². The van der Waals surface area contributed by atoms with E-state index in [4.69, 9.17) is 9.47 Å². The molecule has 2 aromatic carbocycles. The molecule has 0 atom stereocenters. The van der Waals surface area contributed by atoms with Crippen molar-refractivity contribution in [3.63, 3.8) is 0 Å². The standard InChI is InChI=1S/C18H20BrNO2/c1-3-4-11-22-18-12-15(19)6-5-14(18)13-20-16-7-9-17(21-2)10-8-16/h5-10,12-13H,3-4,11H2,1-2H3/b20-13+. The van der Waals surface area contributed by atoms with E-state index in [0.29, 0.717) is 0 Å². The van der Waals surface area contributed by atoms with Gasteiger partial charge in [-0.3, -0.25) is 4.99 Å². The maximum Gasteiger partial charge on any atom is 0.129 e. The normalized spacial score (nSPS) is 10.9. The van der Waals surface area contributed by atoms with Gasteiger partial charge in [0.2, 0.25) is 0 Å². The molecule has 4 heteroatoms. The number of methoxy groups -OCH3 is 1. The number of ether oxygens (including phenoxy) is 2. The Hall–Kier alpha value is -1.81. The van der Waals surface area contributed by atoms with Crippen LogP contribution in [0.4, 0.5) is 5.69 Å². The molecule has 22 heavy (non-hydrogen) atoms. The van der Waals surface area contributed by atoms with Crippen molar-refractivity contribution in [3.8, 4) is 11.5 Å². The van der Waals surface area contributed by atoms with Crippen molar-refractivity contribution >= 4 is 27.8 Å². The molecular weight excluding hydrogens is 342 g/mol. The van der Waals surface area contributed by atoms with Crippen molar-refractivity contribution in [1.82, 2.24) is 0 Å². The third-order valence-corrected chi connectivity index (χ3v) is 3.65. The summed E-state index contributed by atoms with van der Waals surface area (Å²) in [6, 6.07) is 13.6. The Labute approximate surface area is 140 Å². The molecule has 0 aliphatic heterocycles. The first-order valence-electron chi connectivity index (χ1n) is 7.33. The third kappa shape index (κ3) is 4.88. The highest BCUT2D eigenvalue weighted by molar-refractivity contribution is 9.10. The van der Waals surface area contributed by atoms with Crippen molar-refractivity contribution in [2.45, 2.75) is 19.8 Å². The molecule has 0 radical (unpaired) electrons. The number of benzene rings is 2. The van der Waals surface area contributed by atoms with E-state index in [0.717, 1.165) is 46.7 Å². The predicted molar refractivity (Wildman–Crippen MR) is 94.8 cm³/mol. The fourth-order valence-electron chi connectivity index (χ4n) is 1.88. The molecule has 2 aromatic rings. The molecule has 0 saturated carbocycles. The van der Waals surface area contributed by atoms with Gasteiger partial charge in [0.25, 0.3) is 0 Å². The molecule has 3 nitrogen and oxygen atoms in total. The highest BCUT2D eigenvalue weighted by Crippen LogP contribution is 2.24. The first-order chi connectivity index (χ1) is 10.7. The molecule has 0 bridgehead atoms. The van der Waals surface area contributed by atoms with Gasteiger partial charge < -0.3 is 9.47 Å². The number of hydrogen-bond acceptors (Lipinski definition) is 3. The Balaban J connectivity index is 2.14. The zero-order chi connectivity index (χ0) is 15.8. The highest BCUT2D eigenvalue weighted by Gasteiger charge is 2.03. The van der Waals surface area contributed by atoms with Crippen LogP contribution in [0.1, 0.15) is 25.3 Å². The van der Waals surface area contributed by atoms with Crippen LogP contribution >= 0.6 is 15.9 Å². The second-order valence-electron chi connectivity index (χ2n) is 4.84. The fraction of sp³-hybridized carbons (Fsp3) is 0.278. The summed E-state index contributed by atoms with van der Waals surface area (Å²) in [5, 5.41) is 0. The van der Waals surface area contributed by atoms with Crippen molar-refractivity contribution in [3.05, 3.63) is 52.5 Å². The molecule has 0 fully saturated rings. The third-order valence-electron chi connectivity index (χ3n) is 3.16. The van der Waals surface area contributed by atoms with Gasteiger partial charge in [-0.15, -0.1) is 0 Å². The Morgan fingerprint density at radius 2 is 1.91 bits per heavy atom. The van der Waals surface area contributed by atoms with E-state index in [1.165, 1.54) is 0 Å². The molecule has 116 valence electrons. The molecule has 0 spiro atoms. The maximum absolute atomic E-state index is 5.84. The summed E-state index contributed by atoms with van der Waals surface area (Å²) in [4.78, 5) is 4.49. The lowest BCUT2D eigenvalue weighted by molar-refractivity contribution is 0.309. The van der Waals surface area contributed by atoms with Crippen LogP contribution in [-0.4, -0.2) is 19.9 Å². The van der Waals surface area contributed by atoms with Crippen molar-refractivity contribution < 1.29 is 9.47 Å². The van der Waals surface area contributed by atoms with Crippen molar-refractivity contribution in [1.29, 1.82) is 0 Å². The van der Waals surface area contributed by atoms with Crippen LogP contribution in [0.5, 0.6) is 11.5 Å². The zero-order valence-corrected chi connectivity index (χ0v) is 14.5. The molecule has 0 N–H and O–H groups in total. The minimum Gasteiger partial charge on any atom is -0.497 e. The Morgan fingerprint density at radius 3 is 2.59 bits per heavy atom. The smallest absolute Gasteiger partial charge is 0.129 e. The summed E-state index contributed by atoms with van der Waals surface area (Å²) in [6.07, 6.45) is 3.99. The summed E-state index contributed by atoms with van der Waals surface area (Å²) in [7, 11) is 1.65. The number of aliphatic imine (C=N–C) groups is 1. The predicted octanol–water partition coefficient (Wildman–Crippen LogP) is 5.39. The molecular formula is C18H20BrNO2. The van der Waals surface area contributed by atoms with Crippen molar-refractivity contribution in [2.75, 3.05) is 13.7 Å². The second kappa shape index (κ2) is 8.59. The lowest BCUT2D eigenvalue weighted by Gasteiger charge is -2.09. The van der Waals surface area contributed by atoms with E-state index in [-0.39, 0.29) is 0 Å². The topological polar surface area (TPSA) is 30.8 Å². The molecule has 0 unspecified atom stereocenters. The molecule has 0 amide bonds. The Morgan fingerprint density at radius 1 is 1.14 bits per heavy atom. The molecule has 0 aliphatic rings. The van der Waals surface area contributed by atoms with Crippen LogP contribution in [0.25, 0.3) is 0 Å². The van der Waals surface area contributed by atoms with Gasteiger partial charge in [0.1, 0.15) is 11.5 Å². The lowest BCUT2D eigenvalue weighted by atomic mass is 10.2. The lowest BCUT2D eigenvalue weighted by Crippen LogP contribution is -1.99.